The molecule has 0 radical (unpaired) electrons. The zero-order valence-electron chi connectivity index (χ0n) is 15.9. The van der Waals surface area contributed by atoms with Crippen LogP contribution in [0, 0.1) is 5.82 Å². The number of rotatable bonds is 8. The molecule has 0 saturated heterocycles. The Morgan fingerprint density at radius 1 is 1.17 bits per heavy atom. The Labute approximate surface area is 175 Å². The standard InChI is InChI=1S/C19H19FN4O3S2/c1-11(17(25)22-15-10-14(26-2)7-8-16(15)27-3)28-19-24-23-18(29-19)21-13-6-4-5-12(20)9-13/h4-11H,1-3H3,(H,21,23)(H,22,25)/t11-/m1/s1. The Kier molecular flexibility index (Phi) is 6.89. The van der Waals surface area contributed by atoms with E-state index in [1.54, 1.807) is 44.4 Å². The van der Waals surface area contributed by atoms with Crippen molar-refractivity contribution in [3.8, 4) is 11.5 Å². The van der Waals surface area contributed by atoms with Crippen LogP contribution in [0.2, 0.25) is 0 Å². The molecule has 2 aromatic carbocycles. The molecule has 0 fully saturated rings. The number of anilines is 3. The molecule has 0 saturated carbocycles. The molecule has 0 unspecified atom stereocenters. The predicted molar refractivity (Wildman–Crippen MR) is 113 cm³/mol. The molecular formula is C19H19FN4O3S2. The van der Waals surface area contributed by atoms with Gasteiger partial charge < -0.3 is 20.1 Å². The first-order chi connectivity index (χ1) is 14.0. The van der Waals surface area contributed by atoms with Gasteiger partial charge in [-0.2, -0.15) is 0 Å². The van der Waals surface area contributed by atoms with Gasteiger partial charge in [0.1, 0.15) is 17.3 Å². The molecule has 7 nitrogen and oxygen atoms in total. The molecule has 1 atom stereocenters. The highest BCUT2D eigenvalue weighted by molar-refractivity contribution is 8.02. The summed E-state index contributed by atoms with van der Waals surface area (Å²) in [4.78, 5) is 12.6. The third-order valence-electron chi connectivity index (χ3n) is 3.79. The number of benzene rings is 2. The van der Waals surface area contributed by atoms with Crippen LogP contribution in [0.25, 0.3) is 0 Å². The number of methoxy groups -OCH3 is 2. The lowest BCUT2D eigenvalue weighted by molar-refractivity contribution is -0.115. The van der Waals surface area contributed by atoms with Crippen molar-refractivity contribution < 1.29 is 18.7 Å². The number of hydrogen-bond donors (Lipinski definition) is 2. The number of halogens is 1. The normalized spacial score (nSPS) is 11.6. The number of hydrogen-bond acceptors (Lipinski definition) is 8. The maximum Gasteiger partial charge on any atom is 0.237 e. The van der Waals surface area contributed by atoms with Crippen LogP contribution in [0.1, 0.15) is 6.92 Å². The Bertz CT molecular complexity index is 999. The van der Waals surface area contributed by atoms with Crippen LogP contribution in [0.4, 0.5) is 20.9 Å². The van der Waals surface area contributed by atoms with Crippen LogP contribution in [0.5, 0.6) is 11.5 Å². The molecule has 0 bridgehead atoms. The molecule has 1 heterocycles. The third-order valence-corrected chi connectivity index (χ3v) is 5.82. The van der Waals surface area contributed by atoms with Crippen LogP contribution in [-0.4, -0.2) is 35.6 Å². The minimum Gasteiger partial charge on any atom is -0.497 e. The van der Waals surface area contributed by atoms with Crippen molar-refractivity contribution in [1.29, 1.82) is 0 Å². The number of carbonyl (C=O) groups excluding carboxylic acids is 1. The van der Waals surface area contributed by atoms with E-state index in [1.807, 2.05) is 0 Å². The summed E-state index contributed by atoms with van der Waals surface area (Å²) < 4.78 is 24.4. The van der Waals surface area contributed by atoms with Gasteiger partial charge in [-0.25, -0.2) is 4.39 Å². The molecule has 2 N–H and O–H groups in total. The van der Waals surface area contributed by atoms with Crippen molar-refractivity contribution in [2.45, 2.75) is 16.5 Å². The van der Waals surface area contributed by atoms with Crippen LogP contribution < -0.4 is 20.1 Å². The number of nitrogens with one attached hydrogen (secondary N) is 2. The van der Waals surface area contributed by atoms with Crippen molar-refractivity contribution >= 4 is 45.5 Å². The average Bonchev–Trinajstić information content (AvgIpc) is 3.14. The number of nitrogens with zero attached hydrogens (tertiary/aromatic N) is 2. The van der Waals surface area contributed by atoms with Crippen molar-refractivity contribution in [1.82, 2.24) is 10.2 Å². The van der Waals surface area contributed by atoms with Gasteiger partial charge in [0.25, 0.3) is 0 Å². The fraction of sp³-hybridized carbons (Fsp3) is 0.211. The van der Waals surface area contributed by atoms with Crippen molar-refractivity contribution in [3.63, 3.8) is 0 Å². The Morgan fingerprint density at radius 3 is 2.72 bits per heavy atom. The molecule has 0 aliphatic carbocycles. The van der Waals surface area contributed by atoms with Gasteiger partial charge in [-0.3, -0.25) is 4.79 Å². The number of carbonyl (C=O) groups is 1. The van der Waals surface area contributed by atoms with Crippen LogP contribution in [0.3, 0.4) is 0 Å². The van der Waals surface area contributed by atoms with E-state index in [4.69, 9.17) is 9.47 Å². The Hall–Kier alpha value is -2.85. The highest BCUT2D eigenvalue weighted by Gasteiger charge is 2.19. The summed E-state index contributed by atoms with van der Waals surface area (Å²) >= 11 is 2.56. The van der Waals surface area contributed by atoms with Crippen LogP contribution >= 0.6 is 23.1 Å². The van der Waals surface area contributed by atoms with E-state index >= 15 is 0 Å². The minimum atomic E-state index is -0.430. The molecule has 0 aliphatic heterocycles. The number of amides is 1. The first kappa shape index (κ1) is 20.9. The number of ether oxygens (including phenoxy) is 2. The highest BCUT2D eigenvalue weighted by atomic mass is 32.2. The van der Waals surface area contributed by atoms with Crippen LogP contribution in [-0.2, 0) is 4.79 Å². The van der Waals surface area contributed by atoms with Gasteiger partial charge in [0.15, 0.2) is 4.34 Å². The second-order valence-corrected chi connectivity index (χ2v) is 8.39. The average molecular weight is 435 g/mol. The first-order valence-electron chi connectivity index (χ1n) is 8.54. The summed E-state index contributed by atoms with van der Waals surface area (Å²) in [6.07, 6.45) is 0. The largest absolute Gasteiger partial charge is 0.497 e. The van der Waals surface area contributed by atoms with Gasteiger partial charge in [-0.1, -0.05) is 29.2 Å². The quantitative estimate of drug-likeness (QED) is 0.503. The van der Waals surface area contributed by atoms with E-state index < -0.39 is 5.25 Å². The molecule has 1 aromatic heterocycles. The molecule has 0 spiro atoms. The maximum atomic E-state index is 13.3. The number of thioether (sulfide) groups is 1. The van der Waals surface area contributed by atoms with Gasteiger partial charge >= 0.3 is 0 Å². The molecular weight excluding hydrogens is 415 g/mol. The van der Waals surface area contributed by atoms with Crippen molar-refractivity contribution in [2.24, 2.45) is 0 Å². The van der Waals surface area contributed by atoms with E-state index in [1.165, 1.54) is 42.3 Å². The molecule has 3 rings (SSSR count). The summed E-state index contributed by atoms with van der Waals surface area (Å²) in [7, 11) is 3.08. The molecule has 29 heavy (non-hydrogen) atoms. The number of aromatic nitrogens is 2. The zero-order valence-corrected chi connectivity index (χ0v) is 17.6. The lowest BCUT2D eigenvalue weighted by atomic mass is 10.2. The predicted octanol–water partition coefficient (Wildman–Crippen LogP) is 4.56. The Morgan fingerprint density at radius 2 is 2.00 bits per heavy atom. The highest BCUT2D eigenvalue weighted by Crippen LogP contribution is 2.33. The van der Waals surface area contributed by atoms with Crippen molar-refractivity contribution in [2.75, 3.05) is 24.9 Å². The lowest BCUT2D eigenvalue weighted by Gasteiger charge is -2.14. The first-order valence-corrected chi connectivity index (χ1v) is 10.2. The van der Waals surface area contributed by atoms with Gasteiger partial charge in [0.2, 0.25) is 11.0 Å². The summed E-state index contributed by atoms with van der Waals surface area (Å²) in [6.45, 7) is 1.77. The second-order valence-electron chi connectivity index (χ2n) is 5.82. The van der Waals surface area contributed by atoms with E-state index in [0.717, 1.165) is 0 Å². The monoisotopic (exact) mass is 434 g/mol. The van der Waals surface area contributed by atoms with E-state index in [9.17, 15) is 9.18 Å². The summed E-state index contributed by atoms with van der Waals surface area (Å²) in [5.41, 5.74) is 1.10. The Balaban J connectivity index is 1.62. The minimum absolute atomic E-state index is 0.212. The topological polar surface area (TPSA) is 85.4 Å². The molecule has 10 heteroatoms. The maximum absolute atomic E-state index is 13.3. The smallest absolute Gasteiger partial charge is 0.237 e. The van der Waals surface area contributed by atoms with Crippen LogP contribution in [0.15, 0.2) is 46.8 Å². The van der Waals surface area contributed by atoms with E-state index in [-0.39, 0.29) is 11.7 Å². The fourth-order valence-corrected chi connectivity index (χ4v) is 4.26. The SMILES string of the molecule is COc1ccc(OC)c(NC(=O)[C@@H](C)Sc2nnc(Nc3cccc(F)c3)s2)c1. The van der Waals surface area contributed by atoms with E-state index in [2.05, 4.69) is 20.8 Å². The summed E-state index contributed by atoms with van der Waals surface area (Å²) in [6, 6.07) is 11.2. The second kappa shape index (κ2) is 9.57. The fourth-order valence-electron chi connectivity index (χ4n) is 2.35. The molecule has 1 amide bonds. The summed E-state index contributed by atoms with van der Waals surface area (Å²) in [5.74, 6) is 0.594. The van der Waals surface area contributed by atoms with Gasteiger partial charge in [0.05, 0.1) is 25.2 Å². The summed E-state index contributed by atoms with van der Waals surface area (Å²) in [5, 5.41) is 14.0. The zero-order chi connectivity index (χ0) is 20.8. The molecule has 3 aromatic rings. The van der Waals surface area contributed by atoms with Gasteiger partial charge in [-0.05, 0) is 37.3 Å². The molecule has 152 valence electrons. The lowest BCUT2D eigenvalue weighted by Crippen LogP contribution is -2.22. The molecule has 0 aliphatic rings. The third kappa shape index (κ3) is 5.58. The van der Waals surface area contributed by atoms with Gasteiger partial charge in [0, 0.05) is 11.8 Å². The van der Waals surface area contributed by atoms with Gasteiger partial charge in [-0.15, -0.1) is 10.2 Å². The van der Waals surface area contributed by atoms with Crippen molar-refractivity contribution in [3.05, 3.63) is 48.3 Å². The van der Waals surface area contributed by atoms with E-state index in [0.29, 0.717) is 32.3 Å².